The molecule has 0 spiro atoms. The number of hydrogen-bond donors (Lipinski definition) is 1. The van der Waals surface area contributed by atoms with Crippen molar-refractivity contribution in [2.45, 2.75) is 37.5 Å². The van der Waals surface area contributed by atoms with Crippen molar-refractivity contribution in [2.75, 3.05) is 0 Å². The maximum Gasteiger partial charge on any atom is 0.416 e. The normalized spacial score (nSPS) is 19.6. The summed E-state index contributed by atoms with van der Waals surface area (Å²) in [6, 6.07) is 2.19. The number of rotatable bonds is 1. The summed E-state index contributed by atoms with van der Waals surface area (Å²) in [6.45, 7) is 0. The Morgan fingerprint density at radius 1 is 1.12 bits per heavy atom. The van der Waals surface area contributed by atoms with E-state index in [1.54, 1.807) is 0 Å². The molecule has 0 aromatic heterocycles. The Kier molecular flexibility index (Phi) is 2.89. The highest BCUT2D eigenvalue weighted by Crippen LogP contribution is 2.41. The molecule has 0 atom stereocenters. The summed E-state index contributed by atoms with van der Waals surface area (Å²) < 4.78 is 51.0. The van der Waals surface area contributed by atoms with Gasteiger partial charge in [-0.25, -0.2) is 4.39 Å². The van der Waals surface area contributed by atoms with Crippen LogP contribution in [-0.4, -0.2) is 5.11 Å². The van der Waals surface area contributed by atoms with Crippen LogP contribution >= 0.6 is 0 Å². The Hall–Kier alpha value is -1.10. The van der Waals surface area contributed by atoms with Crippen molar-refractivity contribution in [2.24, 2.45) is 0 Å². The lowest BCUT2D eigenvalue weighted by molar-refractivity contribution is -0.137. The first kappa shape index (κ1) is 12.4. The van der Waals surface area contributed by atoms with Gasteiger partial charge >= 0.3 is 6.18 Å². The number of halogens is 4. The lowest BCUT2D eigenvalue weighted by atomic mass is 9.90. The maximum atomic E-state index is 13.5. The lowest BCUT2D eigenvalue weighted by Gasteiger charge is -2.24. The van der Waals surface area contributed by atoms with Gasteiger partial charge in [0.2, 0.25) is 0 Å². The zero-order chi connectivity index (χ0) is 12.7. The van der Waals surface area contributed by atoms with Crippen LogP contribution in [0.1, 0.15) is 36.8 Å². The van der Waals surface area contributed by atoms with Gasteiger partial charge in [0.25, 0.3) is 0 Å². The van der Waals surface area contributed by atoms with Crippen LogP contribution in [0.25, 0.3) is 0 Å². The molecule has 0 unspecified atom stereocenters. The van der Waals surface area contributed by atoms with Crippen LogP contribution in [0.4, 0.5) is 17.6 Å². The Bertz CT molecular complexity index is 419. The van der Waals surface area contributed by atoms with Gasteiger partial charge in [0.15, 0.2) is 0 Å². The van der Waals surface area contributed by atoms with Gasteiger partial charge in [-0.3, -0.25) is 0 Å². The molecule has 5 heteroatoms. The highest BCUT2D eigenvalue weighted by molar-refractivity contribution is 5.32. The highest BCUT2D eigenvalue weighted by atomic mass is 19.4. The molecule has 0 amide bonds. The summed E-state index contributed by atoms with van der Waals surface area (Å²) in [4.78, 5) is 0. The van der Waals surface area contributed by atoms with Gasteiger partial charge < -0.3 is 5.11 Å². The SMILES string of the molecule is OC1(c2cc(C(F)(F)F)ccc2F)CCCC1. The second-order valence-corrected chi connectivity index (χ2v) is 4.43. The molecule has 0 radical (unpaired) electrons. The van der Waals surface area contributed by atoms with Gasteiger partial charge in [-0.2, -0.15) is 13.2 Å². The first-order valence-electron chi connectivity index (χ1n) is 5.42. The molecule has 1 nitrogen and oxygen atoms in total. The molecule has 1 aromatic carbocycles. The van der Waals surface area contributed by atoms with E-state index in [-0.39, 0.29) is 5.56 Å². The van der Waals surface area contributed by atoms with E-state index in [1.807, 2.05) is 0 Å². The third-order valence-electron chi connectivity index (χ3n) is 3.23. The molecular formula is C12H12F4O. The Morgan fingerprint density at radius 2 is 1.71 bits per heavy atom. The summed E-state index contributed by atoms with van der Waals surface area (Å²) in [5.41, 5.74) is -2.59. The van der Waals surface area contributed by atoms with Crippen molar-refractivity contribution < 1.29 is 22.7 Å². The largest absolute Gasteiger partial charge is 0.416 e. The number of alkyl halides is 3. The first-order valence-corrected chi connectivity index (χ1v) is 5.42. The molecule has 0 bridgehead atoms. The molecule has 1 aromatic rings. The van der Waals surface area contributed by atoms with Gasteiger partial charge in [-0.15, -0.1) is 0 Å². The van der Waals surface area contributed by atoms with E-state index >= 15 is 0 Å². The van der Waals surface area contributed by atoms with E-state index in [4.69, 9.17) is 0 Å². The topological polar surface area (TPSA) is 20.2 Å². The van der Waals surface area contributed by atoms with Crippen molar-refractivity contribution in [1.29, 1.82) is 0 Å². The van der Waals surface area contributed by atoms with Crippen LogP contribution in [0.15, 0.2) is 18.2 Å². The van der Waals surface area contributed by atoms with Crippen LogP contribution in [0.5, 0.6) is 0 Å². The smallest absolute Gasteiger partial charge is 0.385 e. The second kappa shape index (κ2) is 3.98. The van der Waals surface area contributed by atoms with Crippen LogP contribution in [0, 0.1) is 5.82 Å². The quantitative estimate of drug-likeness (QED) is 0.753. The van der Waals surface area contributed by atoms with Gasteiger partial charge in [-0.1, -0.05) is 12.8 Å². The summed E-state index contributed by atoms with van der Waals surface area (Å²) in [5, 5.41) is 10.1. The maximum absolute atomic E-state index is 13.5. The van der Waals surface area contributed by atoms with Gasteiger partial charge in [-0.05, 0) is 31.0 Å². The number of aliphatic hydroxyl groups is 1. The Balaban J connectivity index is 2.46. The molecule has 2 rings (SSSR count). The van der Waals surface area contributed by atoms with E-state index in [9.17, 15) is 22.7 Å². The summed E-state index contributed by atoms with van der Waals surface area (Å²) >= 11 is 0. The van der Waals surface area contributed by atoms with E-state index in [2.05, 4.69) is 0 Å². The molecular weight excluding hydrogens is 236 g/mol. The average molecular weight is 248 g/mol. The zero-order valence-electron chi connectivity index (χ0n) is 9.02. The third kappa shape index (κ3) is 2.29. The summed E-state index contributed by atoms with van der Waals surface area (Å²) in [5.74, 6) is -0.776. The molecule has 1 N–H and O–H groups in total. The molecule has 1 saturated carbocycles. The molecule has 1 aliphatic rings. The zero-order valence-corrected chi connectivity index (χ0v) is 9.02. The standard InChI is InChI=1S/C12H12F4O/c13-10-4-3-8(12(14,15)16)7-9(10)11(17)5-1-2-6-11/h3-4,7,17H,1-2,5-6H2. The third-order valence-corrected chi connectivity index (χ3v) is 3.23. The Labute approximate surface area is 96.1 Å². The van der Waals surface area contributed by atoms with E-state index in [0.717, 1.165) is 12.1 Å². The fraction of sp³-hybridized carbons (Fsp3) is 0.500. The molecule has 0 saturated heterocycles. The van der Waals surface area contributed by atoms with E-state index in [1.165, 1.54) is 0 Å². The fourth-order valence-electron chi connectivity index (χ4n) is 2.29. The van der Waals surface area contributed by atoms with Crippen LogP contribution in [-0.2, 0) is 11.8 Å². The minimum atomic E-state index is -4.52. The number of benzene rings is 1. The average Bonchev–Trinajstić information content (AvgIpc) is 2.65. The Morgan fingerprint density at radius 3 is 2.24 bits per heavy atom. The van der Waals surface area contributed by atoms with Gasteiger partial charge in [0.05, 0.1) is 11.2 Å². The minimum Gasteiger partial charge on any atom is -0.385 e. The monoisotopic (exact) mass is 248 g/mol. The first-order chi connectivity index (χ1) is 7.83. The fourth-order valence-corrected chi connectivity index (χ4v) is 2.29. The predicted molar refractivity (Wildman–Crippen MR) is 53.8 cm³/mol. The van der Waals surface area contributed by atoms with E-state index < -0.39 is 23.2 Å². The number of hydrogen-bond acceptors (Lipinski definition) is 1. The molecule has 0 heterocycles. The minimum absolute atomic E-state index is 0.232. The highest BCUT2D eigenvalue weighted by Gasteiger charge is 2.38. The summed E-state index contributed by atoms with van der Waals surface area (Å²) in [6.07, 6.45) is -2.49. The van der Waals surface area contributed by atoms with Crippen LogP contribution in [0.3, 0.4) is 0 Å². The van der Waals surface area contributed by atoms with E-state index in [0.29, 0.717) is 31.7 Å². The second-order valence-electron chi connectivity index (χ2n) is 4.43. The van der Waals surface area contributed by atoms with Crippen LogP contribution in [0.2, 0.25) is 0 Å². The van der Waals surface area contributed by atoms with Crippen molar-refractivity contribution in [3.8, 4) is 0 Å². The van der Waals surface area contributed by atoms with Crippen molar-refractivity contribution in [3.05, 3.63) is 35.1 Å². The van der Waals surface area contributed by atoms with Gasteiger partial charge in [0.1, 0.15) is 5.82 Å². The van der Waals surface area contributed by atoms with Gasteiger partial charge in [0, 0.05) is 5.56 Å². The molecule has 94 valence electrons. The molecule has 1 fully saturated rings. The summed E-state index contributed by atoms with van der Waals surface area (Å²) in [7, 11) is 0. The predicted octanol–water partition coefficient (Wildman–Crippen LogP) is 3.61. The molecule has 0 aliphatic heterocycles. The molecule has 17 heavy (non-hydrogen) atoms. The molecule has 1 aliphatic carbocycles. The van der Waals surface area contributed by atoms with Crippen LogP contribution < -0.4 is 0 Å². The van der Waals surface area contributed by atoms with Crippen molar-refractivity contribution in [3.63, 3.8) is 0 Å². The van der Waals surface area contributed by atoms with Crippen molar-refractivity contribution >= 4 is 0 Å². The lowest BCUT2D eigenvalue weighted by Crippen LogP contribution is -2.23. The van der Waals surface area contributed by atoms with Crippen molar-refractivity contribution in [1.82, 2.24) is 0 Å².